The summed E-state index contributed by atoms with van der Waals surface area (Å²) in [5, 5.41) is 0. The van der Waals surface area contributed by atoms with E-state index in [4.69, 9.17) is 0 Å². The number of allylic oxidation sites excluding steroid dienone is 2. The summed E-state index contributed by atoms with van der Waals surface area (Å²) in [6.45, 7) is 10.9. The molecule has 0 unspecified atom stereocenters. The molecule has 0 saturated heterocycles. The van der Waals surface area contributed by atoms with Gasteiger partial charge < -0.3 is 4.90 Å². The van der Waals surface area contributed by atoms with Crippen molar-refractivity contribution < 1.29 is 0 Å². The van der Waals surface area contributed by atoms with Crippen LogP contribution in [0.15, 0.2) is 24.8 Å². The molecule has 1 nitrogen and oxygen atoms in total. The van der Waals surface area contributed by atoms with Crippen molar-refractivity contribution in [3.05, 3.63) is 24.8 Å². The molecule has 0 radical (unpaired) electrons. The minimum absolute atomic E-state index is 0.484. The van der Waals surface area contributed by atoms with Crippen LogP contribution in [0.5, 0.6) is 0 Å². The summed E-state index contributed by atoms with van der Waals surface area (Å²) in [6, 6.07) is 0. The van der Waals surface area contributed by atoms with E-state index < -0.39 is 0 Å². The number of rotatable bonds is 5. The first kappa shape index (κ1) is 10.4. The van der Waals surface area contributed by atoms with Crippen LogP contribution >= 0.6 is 0 Å². The van der Waals surface area contributed by atoms with Gasteiger partial charge in [-0.2, -0.15) is 0 Å². The van der Waals surface area contributed by atoms with Crippen molar-refractivity contribution >= 4 is 0 Å². The molecule has 1 heteroatoms. The van der Waals surface area contributed by atoms with Crippen LogP contribution < -0.4 is 0 Å². The molecule has 64 valence electrons. The van der Waals surface area contributed by atoms with Crippen LogP contribution in [-0.2, 0) is 0 Å². The average molecular weight is 153 g/mol. The topological polar surface area (TPSA) is 3.24 Å². The molecule has 0 spiro atoms. The van der Waals surface area contributed by atoms with E-state index in [1.54, 1.807) is 0 Å². The molecule has 0 fully saturated rings. The SMILES string of the molecule is C=C[C@H](CCN(C)C)C(=C)C. The molecule has 0 saturated carbocycles. The Bertz CT molecular complexity index is 136. The third-order valence-corrected chi connectivity index (χ3v) is 1.80. The molecule has 0 bridgehead atoms. The van der Waals surface area contributed by atoms with Crippen molar-refractivity contribution in [1.29, 1.82) is 0 Å². The zero-order chi connectivity index (χ0) is 8.85. The fourth-order valence-corrected chi connectivity index (χ4v) is 0.963. The van der Waals surface area contributed by atoms with E-state index in [-0.39, 0.29) is 0 Å². The molecule has 0 aliphatic rings. The molecule has 0 rings (SSSR count). The zero-order valence-electron chi connectivity index (χ0n) is 7.93. The molecule has 0 N–H and O–H groups in total. The second-order valence-corrected chi connectivity index (χ2v) is 3.28. The summed E-state index contributed by atoms with van der Waals surface area (Å²) in [5.74, 6) is 0.484. The standard InChI is InChI=1S/C10H19N/c1-6-10(9(2)3)7-8-11(4)5/h6,10H,1-2,7-8H2,3-5H3/t10-/m1/s1. The van der Waals surface area contributed by atoms with Gasteiger partial charge in [0.2, 0.25) is 0 Å². The van der Waals surface area contributed by atoms with Gasteiger partial charge in [0, 0.05) is 0 Å². The van der Waals surface area contributed by atoms with Gasteiger partial charge in [-0.15, -0.1) is 6.58 Å². The predicted octanol–water partition coefficient (Wildman–Crippen LogP) is 2.32. The first-order chi connectivity index (χ1) is 5.07. The van der Waals surface area contributed by atoms with Gasteiger partial charge in [-0.05, 0) is 39.9 Å². The Morgan fingerprint density at radius 3 is 2.36 bits per heavy atom. The first-order valence-corrected chi connectivity index (χ1v) is 4.00. The maximum absolute atomic E-state index is 3.91. The molecule has 0 aromatic heterocycles. The number of hydrogen-bond acceptors (Lipinski definition) is 1. The largest absolute Gasteiger partial charge is 0.309 e. The molecule has 0 aromatic carbocycles. The van der Waals surface area contributed by atoms with Gasteiger partial charge in [0.05, 0.1) is 0 Å². The van der Waals surface area contributed by atoms with E-state index in [2.05, 4.69) is 39.1 Å². The lowest BCUT2D eigenvalue weighted by Gasteiger charge is -2.15. The lowest BCUT2D eigenvalue weighted by molar-refractivity contribution is 0.384. The smallest absolute Gasteiger partial charge is 0.00161 e. The van der Waals surface area contributed by atoms with Gasteiger partial charge in [0.25, 0.3) is 0 Å². The van der Waals surface area contributed by atoms with Crippen LogP contribution in [0.3, 0.4) is 0 Å². The Labute approximate surface area is 70.4 Å². The van der Waals surface area contributed by atoms with Crippen LogP contribution in [0.1, 0.15) is 13.3 Å². The highest BCUT2D eigenvalue weighted by Crippen LogP contribution is 2.13. The van der Waals surface area contributed by atoms with Crippen LogP contribution in [0.4, 0.5) is 0 Å². The molecule has 0 heterocycles. The highest BCUT2D eigenvalue weighted by atomic mass is 15.0. The normalized spacial score (nSPS) is 13.1. The Kier molecular flexibility index (Phi) is 4.88. The maximum Gasteiger partial charge on any atom is -0.00161 e. The van der Waals surface area contributed by atoms with Gasteiger partial charge in [-0.1, -0.05) is 18.2 Å². The molecular weight excluding hydrogens is 134 g/mol. The van der Waals surface area contributed by atoms with Gasteiger partial charge in [-0.25, -0.2) is 0 Å². The molecule has 11 heavy (non-hydrogen) atoms. The maximum atomic E-state index is 3.91. The molecule has 0 aliphatic heterocycles. The van der Waals surface area contributed by atoms with E-state index in [0.717, 1.165) is 13.0 Å². The van der Waals surface area contributed by atoms with Crippen molar-refractivity contribution in [3.63, 3.8) is 0 Å². The highest BCUT2D eigenvalue weighted by Gasteiger charge is 2.03. The molecule has 1 atom stereocenters. The van der Waals surface area contributed by atoms with Crippen LogP contribution in [0, 0.1) is 5.92 Å². The van der Waals surface area contributed by atoms with Crippen molar-refractivity contribution in [1.82, 2.24) is 4.90 Å². The second kappa shape index (κ2) is 5.14. The zero-order valence-corrected chi connectivity index (χ0v) is 7.93. The number of hydrogen-bond donors (Lipinski definition) is 0. The molecule has 0 aliphatic carbocycles. The summed E-state index contributed by atoms with van der Waals surface area (Å²) >= 11 is 0. The van der Waals surface area contributed by atoms with Crippen molar-refractivity contribution in [2.75, 3.05) is 20.6 Å². The lowest BCUT2D eigenvalue weighted by atomic mass is 9.98. The predicted molar refractivity (Wildman–Crippen MR) is 51.7 cm³/mol. The summed E-state index contributed by atoms with van der Waals surface area (Å²) in [6.07, 6.45) is 3.11. The third-order valence-electron chi connectivity index (χ3n) is 1.80. The Morgan fingerprint density at radius 2 is 2.09 bits per heavy atom. The summed E-state index contributed by atoms with van der Waals surface area (Å²) < 4.78 is 0. The fourth-order valence-electron chi connectivity index (χ4n) is 0.963. The Balaban J connectivity index is 3.70. The summed E-state index contributed by atoms with van der Waals surface area (Å²) in [5.41, 5.74) is 1.21. The highest BCUT2D eigenvalue weighted by molar-refractivity contribution is 5.04. The van der Waals surface area contributed by atoms with Gasteiger partial charge >= 0.3 is 0 Å². The monoisotopic (exact) mass is 153 g/mol. The van der Waals surface area contributed by atoms with Gasteiger partial charge in [0.15, 0.2) is 0 Å². The summed E-state index contributed by atoms with van der Waals surface area (Å²) in [4.78, 5) is 2.18. The quantitative estimate of drug-likeness (QED) is 0.548. The molecular formula is C10H19N. The Morgan fingerprint density at radius 1 is 1.55 bits per heavy atom. The van der Waals surface area contributed by atoms with Crippen LogP contribution in [0.25, 0.3) is 0 Å². The first-order valence-electron chi connectivity index (χ1n) is 4.00. The Hall–Kier alpha value is -0.560. The second-order valence-electron chi connectivity index (χ2n) is 3.28. The van der Waals surface area contributed by atoms with Crippen molar-refractivity contribution in [2.24, 2.45) is 5.92 Å². The molecule has 0 aromatic rings. The van der Waals surface area contributed by atoms with Gasteiger partial charge in [0.1, 0.15) is 0 Å². The van der Waals surface area contributed by atoms with E-state index in [0.29, 0.717) is 5.92 Å². The minimum Gasteiger partial charge on any atom is -0.309 e. The van der Waals surface area contributed by atoms with E-state index in [1.807, 2.05) is 6.08 Å². The van der Waals surface area contributed by atoms with Crippen molar-refractivity contribution in [3.8, 4) is 0 Å². The summed E-state index contributed by atoms with van der Waals surface area (Å²) in [7, 11) is 4.16. The van der Waals surface area contributed by atoms with Gasteiger partial charge in [-0.3, -0.25) is 0 Å². The minimum atomic E-state index is 0.484. The number of nitrogens with zero attached hydrogens (tertiary/aromatic N) is 1. The van der Waals surface area contributed by atoms with Crippen LogP contribution in [-0.4, -0.2) is 25.5 Å². The molecule has 0 amide bonds. The fraction of sp³-hybridized carbons (Fsp3) is 0.600. The third kappa shape index (κ3) is 4.79. The van der Waals surface area contributed by atoms with E-state index in [9.17, 15) is 0 Å². The lowest BCUT2D eigenvalue weighted by Crippen LogP contribution is -2.16. The average Bonchev–Trinajstić information content (AvgIpc) is 1.87. The van der Waals surface area contributed by atoms with Crippen molar-refractivity contribution in [2.45, 2.75) is 13.3 Å². The van der Waals surface area contributed by atoms with E-state index in [1.165, 1.54) is 5.57 Å². The van der Waals surface area contributed by atoms with Crippen LogP contribution in [0.2, 0.25) is 0 Å². The van der Waals surface area contributed by atoms with E-state index >= 15 is 0 Å².